The molecular formula is C14H25N3O2. The number of hydrogen-bond donors (Lipinski definition) is 3. The van der Waals surface area contributed by atoms with E-state index >= 15 is 0 Å². The first-order chi connectivity index (χ1) is 9.01. The molecule has 2 aliphatic heterocycles. The molecule has 2 heterocycles. The Bertz CT molecular complexity index is 349. The van der Waals surface area contributed by atoms with Gasteiger partial charge in [-0.15, -0.1) is 0 Å². The van der Waals surface area contributed by atoms with Crippen molar-refractivity contribution >= 4 is 11.8 Å². The topological polar surface area (TPSA) is 70.2 Å². The van der Waals surface area contributed by atoms with Crippen molar-refractivity contribution < 1.29 is 9.59 Å². The van der Waals surface area contributed by atoms with Crippen LogP contribution in [0.25, 0.3) is 0 Å². The summed E-state index contributed by atoms with van der Waals surface area (Å²) in [6, 6.07) is -0.350. The zero-order valence-corrected chi connectivity index (χ0v) is 11.9. The molecule has 3 N–H and O–H groups in total. The van der Waals surface area contributed by atoms with Gasteiger partial charge in [0.05, 0.1) is 0 Å². The van der Waals surface area contributed by atoms with Crippen LogP contribution < -0.4 is 16.0 Å². The standard InChI is InChI=1S/C14H25N3O2/c1-14(2,10-5-3-7-15-9-10)13(19)17-11-6-4-8-16-12(11)18/h10-11,15H,3-9H2,1-2H3,(H,16,18)(H,17,19). The van der Waals surface area contributed by atoms with Crippen LogP contribution in [0.4, 0.5) is 0 Å². The van der Waals surface area contributed by atoms with Crippen molar-refractivity contribution in [1.82, 2.24) is 16.0 Å². The van der Waals surface area contributed by atoms with Gasteiger partial charge in [-0.25, -0.2) is 0 Å². The van der Waals surface area contributed by atoms with E-state index in [4.69, 9.17) is 0 Å². The van der Waals surface area contributed by atoms with Crippen molar-refractivity contribution in [3.05, 3.63) is 0 Å². The van der Waals surface area contributed by atoms with Crippen LogP contribution in [0.5, 0.6) is 0 Å². The van der Waals surface area contributed by atoms with Crippen LogP contribution in [-0.4, -0.2) is 37.5 Å². The smallest absolute Gasteiger partial charge is 0.242 e. The van der Waals surface area contributed by atoms with E-state index in [1.165, 1.54) is 0 Å². The fraction of sp³-hybridized carbons (Fsp3) is 0.857. The number of piperidine rings is 2. The summed E-state index contributed by atoms with van der Waals surface area (Å²) < 4.78 is 0. The molecule has 0 saturated carbocycles. The predicted octanol–water partition coefficient (Wildman–Crippen LogP) is 0.407. The van der Waals surface area contributed by atoms with E-state index < -0.39 is 5.41 Å². The van der Waals surface area contributed by atoms with Crippen molar-refractivity contribution in [3.8, 4) is 0 Å². The molecule has 2 fully saturated rings. The maximum absolute atomic E-state index is 12.5. The molecule has 0 aromatic carbocycles. The lowest BCUT2D eigenvalue weighted by Gasteiger charge is -2.37. The Morgan fingerprint density at radius 1 is 1.26 bits per heavy atom. The third kappa shape index (κ3) is 3.26. The lowest BCUT2D eigenvalue weighted by atomic mass is 9.74. The Kier molecular flexibility index (Phi) is 4.45. The summed E-state index contributed by atoms with van der Waals surface area (Å²) >= 11 is 0. The highest BCUT2D eigenvalue weighted by molar-refractivity contribution is 5.90. The van der Waals surface area contributed by atoms with Crippen molar-refractivity contribution in [1.29, 1.82) is 0 Å². The van der Waals surface area contributed by atoms with Crippen LogP contribution in [0.2, 0.25) is 0 Å². The number of carbonyl (C=O) groups excluding carboxylic acids is 2. The normalized spacial score (nSPS) is 28.6. The van der Waals surface area contributed by atoms with Gasteiger partial charge in [-0.3, -0.25) is 9.59 Å². The number of nitrogens with one attached hydrogen (secondary N) is 3. The summed E-state index contributed by atoms with van der Waals surface area (Å²) in [5.41, 5.74) is -0.425. The Morgan fingerprint density at radius 3 is 2.63 bits per heavy atom. The van der Waals surface area contributed by atoms with Crippen molar-refractivity contribution in [2.75, 3.05) is 19.6 Å². The van der Waals surface area contributed by atoms with Gasteiger partial charge in [0, 0.05) is 12.0 Å². The van der Waals surface area contributed by atoms with Gasteiger partial charge in [0.15, 0.2) is 0 Å². The molecular weight excluding hydrogens is 242 g/mol. The zero-order valence-electron chi connectivity index (χ0n) is 11.9. The highest BCUT2D eigenvalue weighted by Crippen LogP contribution is 2.32. The van der Waals surface area contributed by atoms with Gasteiger partial charge in [0.25, 0.3) is 0 Å². The molecule has 0 aromatic heterocycles. The SMILES string of the molecule is CC(C)(C(=O)NC1CCCNC1=O)C1CCCNC1. The van der Waals surface area contributed by atoms with E-state index in [0.29, 0.717) is 5.92 Å². The quantitative estimate of drug-likeness (QED) is 0.693. The molecule has 0 aliphatic carbocycles. The van der Waals surface area contributed by atoms with Crippen LogP contribution in [-0.2, 0) is 9.59 Å². The average molecular weight is 267 g/mol. The maximum Gasteiger partial charge on any atom is 0.242 e. The molecule has 2 unspecified atom stereocenters. The van der Waals surface area contributed by atoms with Crippen LogP contribution in [0, 0.1) is 11.3 Å². The van der Waals surface area contributed by atoms with E-state index in [0.717, 1.165) is 45.3 Å². The largest absolute Gasteiger partial charge is 0.354 e. The van der Waals surface area contributed by atoms with Crippen molar-refractivity contribution in [2.45, 2.75) is 45.6 Å². The van der Waals surface area contributed by atoms with Crippen LogP contribution in [0.3, 0.4) is 0 Å². The molecule has 5 heteroatoms. The van der Waals surface area contributed by atoms with E-state index in [9.17, 15) is 9.59 Å². The highest BCUT2D eigenvalue weighted by Gasteiger charge is 2.39. The molecule has 2 amide bonds. The predicted molar refractivity (Wildman–Crippen MR) is 73.5 cm³/mol. The van der Waals surface area contributed by atoms with Crippen molar-refractivity contribution in [2.24, 2.45) is 11.3 Å². The fourth-order valence-electron chi connectivity index (χ4n) is 2.91. The minimum atomic E-state index is -0.425. The Hall–Kier alpha value is -1.10. The summed E-state index contributed by atoms with van der Waals surface area (Å²) in [5.74, 6) is 0.299. The van der Waals surface area contributed by atoms with E-state index in [1.54, 1.807) is 0 Å². The number of carbonyl (C=O) groups is 2. The lowest BCUT2D eigenvalue weighted by molar-refractivity contribution is -0.137. The fourth-order valence-corrected chi connectivity index (χ4v) is 2.91. The summed E-state index contributed by atoms with van der Waals surface area (Å²) in [5, 5.41) is 9.08. The van der Waals surface area contributed by atoms with Crippen LogP contribution >= 0.6 is 0 Å². The number of hydrogen-bond acceptors (Lipinski definition) is 3. The highest BCUT2D eigenvalue weighted by atomic mass is 16.2. The summed E-state index contributed by atoms with van der Waals surface area (Å²) in [6.07, 6.45) is 3.87. The number of rotatable bonds is 3. The first-order valence-corrected chi connectivity index (χ1v) is 7.31. The van der Waals surface area contributed by atoms with E-state index in [1.807, 2.05) is 13.8 Å². The molecule has 0 bridgehead atoms. The molecule has 0 radical (unpaired) electrons. The first kappa shape index (κ1) is 14.3. The second-order valence-corrected chi connectivity index (χ2v) is 6.22. The Morgan fingerprint density at radius 2 is 2.00 bits per heavy atom. The van der Waals surface area contributed by atoms with Crippen molar-refractivity contribution in [3.63, 3.8) is 0 Å². The van der Waals surface area contributed by atoms with E-state index in [2.05, 4.69) is 16.0 Å². The maximum atomic E-state index is 12.5. The zero-order chi connectivity index (χ0) is 13.9. The van der Waals surface area contributed by atoms with Gasteiger partial charge >= 0.3 is 0 Å². The minimum Gasteiger partial charge on any atom is -0.354 e. The molecule has 19 heavy (non-hydrogen) atoms. The second kappa shape index (κ2) is 5.90. The second-order valence-electron chi connectivity index (χ2n) is 6.22. The Labute approximate surface area is 114 Å². The third-order valence-corrected chi connectivity index (χ3v) is 4.49. The summed E-state index contributed by atoms with van der Waals surface area (Å²) in [6.45, 7) is 6.62. The number of amides is 2. The minimum absolute atomic E-state index is 0.00301. The van der Waals surface area contributed by atoms with E-state index in [-0.39, 0.29) is 17.9 Å². The molecule has 2 saturated heterocycles. The molecule has 2 atom stereocenters. The van der Waals surface area contributed by atoms with Gasteiger partial charge in [-0.1, -0.05) is 13.8 Å². The lowest BCUT2D eigenvalue weighted by Crippen LogP contribution is -2.55. The molecule has 0 spiro atoms. The van der Waals surface area contributed by atoms with Gasteiger partial charge in [-0.2, -0.15) is 0 Å². The first-order valence-electron chi connectivity index (χ1n) is 7.31. The average Bonchev–Trinajstić information content (AvgIpc) is 2.42. The molecule has 2 aliphatic rings. The monoisotopic (exact) mass is 267 g/mol. The summed E-state index contributed by atoms with van der Waals surface area (Å²) in [7, 11) is 0. The molecule has 2 rings (SSSR count). The van der Waals surface area contributed by atoms with Gasteiger partial charge in [0.1, 0.15) is 6.04 Å². The van der Waals surface area contributed by atoms with Gasteiger partial charge in [-0.05, 0) is 44.7 Å². The molecule has 108 valence electrons. The van der Waals surface area contributed by atoms with Gasteiger partial charge in [0.2, 0.25) is 11.8 Å². The summed E-state index contributed by atoms with van der Waals surface area (Å²) in [4.78, 5) is 24.2. The van der Waals surface area contributed by atoms with Gasteiger partial charge < -0.3 is 16.0 Å². The molecule has 5 nitrogen and oxygen atoms in total. The Balaban J connectivity index is 1.95. The molecule has 0 aromatic rings. The van der Waals surface area contributed by atoms with Crippen LogP contribution in [0.1, 0.15) is 39.5 Å². The third-order valence-electron chi connectivity index (χ3n) is 4.49. The van der Waals surface area contributed by atoms with Crippen LogP contribution in [0.15, 0.2) is 0 Å².